The van der Waals surface area contributed by atoms with Gasteiger partial charge in [0.25, 0.3) is 5.91 Å². The van der Waals surface area contributed by atoms with Crippen molar-refractivity contribution in [2.24, 2.45) is 5.92 Å². The molecule has 2 heterocycles. The van der Waals surface area contributed by atoms with E-state index in [-0.39, 0.29) is 29.7 Å². The second kappa shape index (κ2) is 7.34. The van der Waals surface area contributed by atoms with Crippen molar-refractivity contribution in [2.45, 2.75) is 44.7 Å². The van der Waals surface area contributed by atoms with Gasteiger partial charge in [0.2, 0.25) is 11.8 Å². The number of amides is 3. The molecule has 1 saturated carbocycles. The zero-order valence-electron chi connectivity index (χ0n) is 13.8. The first-order chi connectivity index (χ1) is 11.5. The van der Waals surface area contributed by atoms with E-state index in [1.54, 1.807) is 17.9 Å². The van der Waals surface area contributed by atoms with Gasteiger partial charge in [0.15, 0.2) is 0 Å². The van der Waals surface area contributed by atoms with Crippen LogP contribution in [-0.2, 0) is 9.59 Å². The van der Waals surface area contributed by atoms with Gasteiger partial charge in [-0.1, -0.05) is 6.07 Å². The van der Waals surface area contributed by atoms with Gasteiger partial charge in [0.1, 0.15) is 6.04 Å². The smallest absolute Gasteiger partial charge is 0.262 e. The molecule has 2 N–H and O–H groups in total. The normalized spacial score (nSPS) is 19.6. The average Bonchev–Trinajstić information content (AvgIpc) is 3.21. The first-order valence-electron chi connectivity index (χ1n) is 8.45. The molecular formula is C17H23N3O3S. The van der Waals surface area contributed by atoms with Gasteiger partial charge >= 0.3 is 0 Å². The number of carbonyl (C=O) groups is 3. The van der Waals surface area contributed by atoms with E-state index in [0.717, 1.165) is 25.7 Å². The number of piperidine rings is 1. The lowest BCUT2D eigenvalue weighted by Crippen LogP contribution is -2.54. The van der Waals surface area contributed by atoms with Gasteiger partial charge in [0.05, 0.1) is 4.88 Å². The predicted octanol–water partition coefficient (Wildman–Crippen LogP) is 1.38. The Hall–Kier alpha value is -1.89. The van der Waals surface area contributed by atoms with Crippen LogP contribution in [0, 0.1) is 5.92 Å². The molecule has 1 aliphatic heterocycles. The number of hydrogen-bond acceptors (Lipinski definition) is 4. The van der Waals surface area contributed by atoms with Gasteiger partial charge in [-0.3, -0.25) is 14.4 Å². The number of carbonyl (C=O) groups excluding carboxylic acids is 3. The van der Waals surface area contributed by atoms with E-state index in [1.165, 1.54) is 11.3 Å². The van der Waals surface area contributed by atoms with Crippen LogP contribution in [0.4, 0.5) is 0 Å². The van der Waals surface area contributed by atoms with Crippen LogP contribution in [0.15, 0.2) is 17.5 Å². The zero-order chi connectivity index (χ0) is 17.1. The highest BCUT2D eigenvalue weighted by molar-refractivity contribution is 7.12. The number of hydrogen-bond donors (Lipinski definition) is 2. The fraction of sp³-hybridized carbons (Fsp3) is 0.588. The molecule has 7 heteroatoms. The lowest BCUT2D eigenvalue weighted by Gasteiger charge is -2.35. The lowest BCUT2D eigenvalue weighted by molar-refractivity contribution is -0.130. The minimum absolute atomic E-state index is 0.0586. The van der Waals surface area contributed by atoms with E-state index < -0.39 is 6.04 Å². The quantitative estimate of drug-likeness (QED) is 0.843. The minimum atomic E-state index is -0.533. The summed E-state index contributed by atoms with van der Waals surface area (Å²) in [5.41, 5.74) is 0. The van der Waals surface area contributed by atoms with Crippen molar-refractivity contribution >= 4 is 29.1 Å². The molecule has 1 atom stereocenters. The van der Waals surface area contributed by atoms with Crippen LogP contribution >= 0.6 is 11.3 Å². The highest BCUT2D eigenvalue weighted by atomic mass is 32.1. The Morgan fingerprint density at radius 3 is 2.46 bits per heavy atom. The van der Waals surface area contributed by atoms with E-state index in [1.807, 2.05) is 11.4 Å². The molecule has 3 rings (SSSR count). The zero-order valence-corrected chi connectivity index (χ0v) is 14.6. The Kier molecular flexibility index (Phi) is 5.18. The molecule has 0 aromatic carbocycles. The lowest BCUT2D eigenvalue weighted by atomic mass is 9.88. The second-order valence-corrected chi connectivity index (χ2v) is 7.50. The fourth-order valence-electron chi connectivity index (χ4n) is 3.08. The molecule has 0 spiro atoms. The van der Waals surface area contributed by atoms with Crippen LogP contribution < -0.4 is 10.6 Å². The van der Waals surface area contributed by atoms with Gasteiger partial charge in [-0.2, -0.15) is 0 Å². The summed E-state index contributed by atoms with van der Waals surface area (Å²) in [5, 5.41) is 7.77. The summed E-state index contributed by atoms with van der Waals surface area (Å²) in [4.78, 5) is 38.9. The summed E-state index contributed by atoms with van der Waals surface area (Å²) in [6, 6.07) is 3.31. The summed E-state index contributed by atoms with van der Waals surface area (Å²) in [6.07, 6.45) is 3.49. The van der Waals surface area contributed by atoms with Gasteiger partial charge in [-0.05, 0) is 43.0 Å². The molecule has 0 bridgehead atoms. The largest absolute Gasteiger partial charge is 0.352 e. The van der Waals surface area contributed by atoms with Crippen molar-refractivity contribution in [3.63, 3.8) is 0 Å². The third kappa shape index (κ3) is 4.14. The Bertz CT molecular complexity index is 605. The van der Waals surface area contributed by atoms with Crippen LogP contribution in [0.5, 0.6) is 0 Å². The molecular weight excluding hydrogens is 326 g/mol. The number of rotatable bonds is 5. The van der Waals surface area contributed by atoms with Crippen molar-refractivity contribution in [3.05, 3.63) is 22.4 Å². The predicted molar refractivity (Wildman–Crippen MR) is 91.7 cm³/mol. The maximum absolute atomic E-state index is 12.6. The molecule has 1 aliphatic carbocycles. The fourth-order valence-corrected chi connectivity index (χ4v) is 3.71. The van der Waals surface area contributed by atoms with Gasteiger partial charge < -0.3 is 15.5 Å². The van der Waals surface area contributed by atoms with E-state index in [9.17, 15) is 14.4 Å². The third-order valence-corrected chi connectivity index (χ3v) is 5.56. The average molecular weight is 349 g/mol. The van der Waals surface area contributed by atoms with Crippen molar-refractivity contribution in [1.82, 2.24) is 15.5 Å². The Balaban J connectivity index is 1.66. The van der Waals surface area contributed by atoms with Crippen LogP contribution in [0.25, 0.3) is 0 Å². The van der Waals surface area contributed by atoms with E-state index in [0.29, 0.717) is 18.0 Å². The molecule has 3 amide bonds. The van der Waals surface area contributed by atoms with Crippen molar-refractivity contribution in [3.8, 4) is 0 Å². The standard InChI is InChI=1S/C17H23N3O3S/c1-11(21)20-8-6-12(7-9-20)15(17(23)18-13-4-5-13)19-16(22)14-3-2-10-24-14/h2-3,10,12-13,15H,4-9H2,1H3,(H,18,23)(H,19,22). The summed E-state index contributed by atoms with van der Waals surface area (Å²) >= 11 is 1.37. The van der Waals surface area contributed by atoms with Crippen molar-refractivity contribution < 1.29 is 14.4 Å². The summed E-state index contributed by atoms with van der Waals surface area (Å²) in [5.74, 6) is -0.169. The Morgan fingerprint density at radius 2 is 1.92 bits per heavy atom. The highest BCUT2D eigenvalue weighted by Gasteiger charge is 2.35. The van der Waals surface area contributed by atoms with Crippen LogP contribution in [0.2, 0.25) is 0 Å². The maximum atomic E-state index is 12.6. The monoisotopic (exact) mass is 349 g/mol. The molecule has 24 heavy (non-hydrogen) atoms. The van der Waals surface area contributed by atoms with Crippen molar-refractivity contribution in [1.29, 1.82) is 0 Å². The van der Waals surface area contributed by atoms with E-state index in [4.69, 9.17) is 0 Å². The third-order valence-electron chi connectivity index (χ3n) is 4.69. The first-order valence-corrected chi connectivity index (χ1v) is 9.33. The molecule has 0 radical (unpaired) electrons. The SMILES string of the molecule is CC(=O)N1CCC(C(NC(=O)c2cccs2)C(=O)NC2CC2)CC1. The Labute approximate surface area is 145 Å². The topological polar surface area (TPSA) is 78.5 Å². The van der Waals surface area contributed by atoms with Crippen LogP contribution in [0.3, 0.4) is 0 Å². The van der Waals surface area contributed by atoms with E-state index >= 15 is 0 Å². The molecule has 130 valence electrons. The first kappa shape index (κ1) is 17.0. The van der Waals surface area contributed by atoms with Gasteiger partial charge in [-0.15, -0.1) is 11.3 Å². The molecule has 1 aromatic heterocycles. The molecule has 2 fully saturated rings. The van der Waals surface area contributed by atoms with E-state index in [2.05, 4.69) is 10.6 Å². The van der Waals surface area contributed by atoms with Gasteiger partial charge in [0, 0.05) is 26.1 Å². The minimum Gasteiger partial charge on any atom is -0.352 e. The van der Waals surface area contributed by atoms with Crippen LogP contribution in [0.1, 0.15) is 42.3 Å². The second-order valence-electron chi connectivity index (χ2n) is 6.55. The molecule has 6 nitrogen and oxygen atoms in total. The molecule has 1 saturated heterocycles. The maximum Gasteiger partial charge on any atom is 0.262 e. The Morgan fingerprint density at radius 1 is 1.21 bits per heavy atom. The van der Waals surface area contributed by atoms with Gasteiger partial charge in [-0.25, -0.2) is 0 Å². The summed E-state index contributed by atoms with van der Waals surface area (Å²) in [7, 11) is 0. The number of nitrogens with one attached hydrogen (secondary N) is 2. The highest BCUT2D eigenvalue weighted by Crippen LogP contribution is 2.24. The van der Waals surface area contributed by atoms with Crippen LogP contribution in [-0.4, -0.2) is 47.8 Å². The summed E-state index contributed by atoms with van der Waals surface area (Å²) < 4.78 is 0. The number of thiophene rings is 1. The number of nitrogens with zero attached hydrogens (tertiary/aromatic N) is 1. The molecule has 1 unspecified atom stereocenters. The molecule has 1 aromatic rings. The molecule has 2 aliphatic rings. The van der Waals surface area contributed by atoms with Crippen molar-refractivity contribution in [2.75, 3.05) is 13.1 Å². The number of likely N-dealkylation sites (tertiary alicyclic amines) is 1. The summed E-state index contributed by atoms with van der Waals surface area (Å²) in [6.45, 7) is 2.85.